The van der Waals surface area contributed by atoms with E-state index in [0.717, 1.165) is 18.6 Å². The van der Waals surface area contributed by atoms with Crippen molar-refractivity contribution in [2.24, 2.45) is 5.41 Å². The van der Waals surface area contributed by atoms with Gasteiger partial charge < -0.3 is 15.7 Å². The molecule has 0 aliphatic carbocycles. The molecule has 0 aromatic heterocycles. The Morgan fingerprint density at radius 3 is 2.33 bits per heavy atom. The molecule has 1 atom stereocenters. The highest BCUT2D eigenvalue weighted by Crippen LogP contribution is 2.19. The minimum atomic E-state index is -1.01. The van der Waals surface area contributed by atoms with Crippen LogP contribution in [0.5, 0.6) is 0 Å². The third-order valence-electron chi connectivity index (χ3n) is 2.45. The molecule has 0 aliphatic heterocycles. The van der Waals surface area contributed by atoms with Gasteiger partial charge in [-0.25, -0.2) is 9.59 Å². The van der Waals surface area contributed by atoms with Crippen LogP contribution in [-0.4, -0.2) is 41.7 Å². The first-order valence-corrected chi connectivity index (χ1v) is 7.44. The molecule has 0 bridgehead atoms. The van der Waals surface area contributed by atoms with Gasteiger partial charge in [-0.1, -0.05) is 20.8 Å². The molecule has 0 saturated heterocycles. The molecule has 0 saturated carbocycles. The van der Waals surface area contributed by atoms with E-state index in [1.54, 1.807) is 32.5 Å². The zero-order valence-corrected chi connectivity index (χ0v) is 12.4. The summed E-state index contributed by atoms with van der Waals surface area (Å²) in [7, 11) is 0. The van der Waals surface area contributed by atoms with Crippen LogP contribution < -0.4 is 10.6 Å². The number of unbranched alkanes of at least 4 members (excludes halogenated alkanes) is 1. The molecule has 6 heteroatoms. The Balaban J connectivity index is 4.01. The average molecular weight is 276 g/mol. The normalized spacial score (nSPS) is 12.9. The van der Waals surface area contributed by atoms with Gasteiger partial charge >= 0.3 is 12.0 Å². The van der Waals surface area contributed by atoms with Crippen LogP contribution in [0.15, 0.2) is 0 Å². The predicted octanol–water partition coefficient (Wildman–Crippen LogP) is 1.93. The maximum atomic E-state index is 11.5. The largest absolute Gasteiger partial charge is 0.480 e. The van der Waals surface area contributed by atoms with Gasteiger partial charge in [0.05, 0.1) is 0 Å². The fourth-order valence-electron chi connectivity index (χ4n) is 1.40. The van der Waals surface area contributed by atoms with Crippen LogP contribution in [0.4, 0.5) is 4.79 Å². The fraction of sp³-hybridized carbons (Fsp3) is 0.833. The Hall–Kier alpha value is -0.910. The number of hydrogen-bond donors (Lipinski definition) is 3. The Morgan fingerprint density at radius 2 is 1.89 bits per heavy atom. The van der Waals surface area contributed by atoms with Gasteiger partial charge in [-0.05, 0) is 30.3 Å². The number of rotatable bonds is 7. The molecule has 0 aromatic rings. The molecule has 5 nitrogen and oxygen atoms in total. The molecule has 0 rings (SSSR count). The van der Waals surface area contributed by atoms with Gasteiger partial charge in [0.15, 0.2) is 0 Å². The van der Waals surface area contributed by atoms with Crippen molar-refractivity contribution < 1.29 is 14.7 Å². The quantitative estimate of drug-likeness (QED) is 0.621. The molecule has 0 aromatic carbocycles. The number of carboxylic acid groups (broad SMARTS) is 1. The van der Waals surface area contributed by atoms with Crippen LogP contribution >= 0.6 is 11.8 Å². The number of carboxylic acids is 1. The average Bonchev–Trinajstić information content (AvgIpc) is 2.23. The van der Waals surface area contributed by atoms with E-state index in [1.807, 2.05) is 6.26 Å². The Kier molecular flexibility index (Phi) is 7.82. The first-order valence-electron chi connectivity index (χ1n) is 6.05. The SMILES string of the molecule is CSCCCCNC(=O)N[C@H](C(=O)O)C(C)(C)C. The molecule has 2 amide bonds. The van der Waals surface area contributed by atoms with E-state index in [0.29, 0.717) is 6.54 Å². The first-order chi connectivity index (χ1) is 8.29. The maximum absolute atomic E-state index is 11.5. The lowest BCUT2D eigenvalue weighted by Crippen LogP contribution is -2.52. The first kappa shape index (κ1) is 17.1. The van der Waals surface area contributed by atoms with E-state index < -0.39 is 23.5 Å². The van der Waals surface area contributed by atoms with Gasteiger partial charge in [-0.15, -0.1) is 0 Å². The highest BCUT2D eigenvalue weighted by molar-refractivity contribution is 7.98. The van der Waals surface area contributed by atoms with Crippen LogP contribution in [0.25, 0.3) is 0 Å². The zero-order chi connectivity index (χ0) is 14.2. The van der Waals surface area contributed by atoms with Gasteiger partial charge in [0.1, 0.15) is 6.04 Å². The fourth-order valence-corrected chi connectivity index (χ4v) is 1.90. The molecule has 0 heterocycles. The molecule has 0 fully saturated rings. The van der Waals surface area contributed by atoms with Crippen molar-refractivity contribution >= 4 is 23.8 Å². The van der Waals surface area contributed by atoms with E-state index in [1.165, 1.54) is 0 Å². The van der Waals surface area contributed by atoms with Crippen LogP contribution in [-0.2, 0) is 4.79 Å². The number of nitrogens with one attached hydrogen (secondary N) is 2. The number of amides is 2. The van der Waals surface area contributed by atoms with Gasteiger partial charge in [0.25, 0.3) is 0 Å². The minimum absolute atomic E-state index is 0.415. The molecular formula is C12H24N2O3S. The second-order valence-electron chi connectivity index (χ2n) is 5.24. The van der Waals surface area contributed by atoms with E-state index in [2.05, 4.69) is 10.6 Å². The Bertz CT molecular complexity index is 277. The summed E-state index contributed by atoms with van der Waals surface area (Å²) in [5, 5.41) is 14.2. The Morgan fingerprint density at radius 1 is 1.28 bits per heavy atom. The second kappa shape index (κ2) is 8.24. The van der Waals surface area contributed by atoms with Crippen molar-refractivity contribution in [1.82, 2.24) is 10.6 Å². The van der Waals surface area contributed by atoms with Crippen LogP contribution in [0.3, 0.4) is 0 Å². The van der Waals surface area contributed by atoms with Crippen molar-refractivity contribution in [3.8, 4) is 0 Å². The lowest BCUT2D eigenvalue weighted by Gasteiger charge is -2.27. The predicted molar refractivity (Wildman–Crippen MR) is 75.0 cm³/mol. The molecule has 0 unspecified atom stereocenters. The van der Waals surface area contributed by atoms with Crippen molar-refractivity contribution in [3.63, 3.8) is 0 Å². The molecule has 0 radical (unpaired) electrons. The zero-order valence-electron chi connectivity index (χ0n) is 11.6. The van der Waals surface area contributed by atoms with Crippen LogP contribution in [0.2, 0.25) is 0 Å². The van der Waals surface area contributed by atoms with E-state index >= 15 is 0 Å². The number of carbonyl (C=O) groups excluding carboxylic acids is 1. The smallest absolute Gasteiger partial charge is 0.326 e. The summed E-state index contributed by atoms with van der Waals surface area (Å²) < 4.78 is 0. The summed E-state index contributed by atoms with van der Waals surface area (Å²) in [6.45, 7) is 5.92. The number of carbonyl (C=O) groups is 2. The van der Waals surface area contributed by atoms with Crippen LogP contribution in [0, 0.1) is 5.41 Å². The van der Waals surface area contributed by atoms with Gasteiger partial charge in [-0.2, -0.15) is 11.8 Å². The summed E-state index contributed by atoms with van der Waals surface area (Å²) in [4.78, 5) is 22.6. The molecular weight excluding hydrogens is 252 g/mol. The van der Waals surface area contributed by atoms with Crippen LogP contribution in [0.1, 0.15) is 33.6 Å². The summed E-state index contributed by atoms with van der Waals surface area (Å²) in [6, 6.07) is -1.30. The van der Waals surface area contributed by atoms with Crippen molar-refractivity contribution in [2.45, 2.75) is 39.7 Å². The van der Waals surface area contributed by atoms with Crippen molar-refractivity contribution in [2.75, 3.05) is 18.6 Å². The second-order valence-corrected chi connectivity index (χ2v) is 6.22. The number of urea groups is 1. The maximum Gasteiger partial charge on any atom is 0.326 e. The van der Waals surface area contributed by atoms with Crippen molar-refractivity contribution in [3.05, 3.63) is 0 Å². The summed E-state index contributed by atoms with van der Waals surface area (Å²) >= 11 is 1.77. The number of hydrogen-bond acceptors (Lipinski definition) is 3. The highest BCUT2D eigenvalue weighted by atomic mass is 32.2. The van der Waals surface area contributed by atoms with Gasteiger partial charge in [0.2, 0.25) is 0 Å². The van der Waals surface area contributed by atoms with E-state index in [4.69, 9.17) is 5.11 Å². The van der Waals surface area contributed by atoms with Gasteiger partial charge in [0, 0.05) is 6.54 Å². The molecule has 106 valence electrons. The van der Waals surface area contributed by atoms with E-state index in [9.17, 15) is 9.59 Å². The molecule has 0 spiro atoms. The van der Waals surface area contributed by atoms with E-state index in [-0.39, 0.29) is 0 Å². The third kappa shape index (κ3) is 7.42. The van der Waals surface area contributed by atoms with Crippen molar-refractivity contribution in [1.29, 1.82) is 0 Å². The molecule has 0 aliphatic rings. The lowest BCUT2D eigenvalue weighted by molar-refractivity contribution is -0.141. The Labute approximate surface area is 113 Å². The standard InChI is InChI=1S/C12H24N2O3S/c1-12(2,3)9(10(15)16)14-11(17)13-7-5-6-8-18-4/h9H,5-8H2,1-4H3,(H,15,16)(H2,13,14,17)/t9-/m1/s1. The highest BCUT2D eigenvalue weighted by Gasteiger charge is 2.32. The topological polar surface area (TPSA) is 78.4 Å². The number of thioether (sulfide) groups is 1. The minimum Gasteiger partial charge on any atom is -0.480 e. The molecule has 3 N–H and O–H groups in total. The summed E-state index contributed by atoms with van der Waals surface area (Å²) in [6.07, 6.45) is 3.99. The number of aliphatic carboxylic acids is 1. The molecule has 18 heavy (non-hydrogen) atoms. The van der Waals surface area contributed by atoms with Gasteiger partial charge in [-0.3, -0.25) is 0 Å². The lowest BCUT2D eigenvalue weighted by atomic mass is 9.87. The third-order valence-corrected chi connectivity index (χ3v) is 3.15. The summed E-state index contributed by atoms with van der Waals surface area (Å²) in [5.74, 6) is 0.0586. The summed E-state index contributed by atoms with van der Waals surface area (Å²) in [5.41, 5.74) is -0.512. The monoisotopic (exact) mass is 276 g/mol.